The Labute approximate surface area is 152 Å². The molecule has 0 bridgehead atoms. The third kappa shape index (κ3) is 2.75. The SMILES string of the molecule is Cc1c(C(=O)N(C)c2ccc3ccccc3c2)cnn1-c1ccccc1. The lowest BCUT2D eigenvalue weighted by molar-refractivity contribution is 0.0992. The highest BCUT2D eigenvalue weighted by atomic mass is 16.2. The van der Waals surface area contributed by atoms with Gasteiger partial charge in [-0.1, -0.05) is 48.5 Å². The normalized spacial score (nSPS) is 10.8. The van der Waals surface area contributed by atoms with E-state index < -0.39 is 0 Å². The largest absolute Gasteiger partial charge is 0.311 e. The van der Waals surface area contributed by atoms with Crippen molar-refractivity contribution in [1.29, 1.82) is 0 Å². The molecule has 3 aromatic carbocycles. The summed E-state index contributed by atoms with van der Waals surface area (Å²) in [7, 11) is 1.80. The van der Waals surface area contributed by atoms with Crippen LogP contribution in [0.25, 0.3) is 16.5 Å². The number of aromatic nitrogens is 2. The van der Waals surface area contributed by atoms with E-state index >= 15 is 0 Å². The van der Waals surface area contributed by atoms with Crippen LogP contribution in [0.4, 0.5) is 5.69 Å². The third-order valence-electron chi connectivity index (χ3n) is 4.67. The molecule has 1 amide bonds. The van der Waals surface area contributed by atoms with Gasteiger partial charge in [-0.15, -0.1) is 0 Å². The third-order valence-corrected chi connectivity index (χ3v) is 4.67. The Morgan fingerprint density at radius 3 is 2.38 bits per heavy atom. The fourth-order valence-electron chi connectivity index (χ4n) is 3.13. The minimum atomic E-state index is -0.0695. The predicted molar refractivity (Wildman–Crippen MR) is 105 cm³/mol. The van der Waals surface area contributed by atoms with Crippen molar-refractivity contribution in [3.63, 3.8) is 0 Å². The van der Waals surface area contributed by atoms with Crippen LogP contribution in [0.3, 0.4) is 0 Å². The van der Waals surface area contributed by atoms with Gasteiger partial charge in [-0.3, -0.25) is 4.79 Å². The van der Waals surface area contributed by atoms with E-state index in [0.717, 1.165) is 27.8 Å². The molecule has 128 valence electrons. The molecule has 0 saturated heterocycles. The maximum atomic E-state index is 13.0. The lowest BCUT2D eigenvalue weighted by Gasteiger charge is -2.18. The molecule has 0 aliphatic heterocycles. The van der Waals surface area contributed by atoms with Gasteiger partial charge in [0.2, 0.25) is 0 Å². The first kappa shape index (κ1) is 16.1. The van der Waals surface area contributed by atoms with Crippen molar-refractivity contribution in [1.82, 2.24) is 9.78 Å². The van der Waals surface area contributed by atoms with Crippen LogP contribution in [0.5, 0.6) is 0 Å². The lowest BCUT2D eigenvalue weighted by atomic mass is 10.1. The highest BCUT2D eigenvalue weighted by Crippen LogP contribution is 2.23. The number of anilines is 1. The van der Waals surface area contributed by atoms with Crippen LogP contribution in [0.1, 0.15) is 16.1 Å². The van der Waals surface area contributed by atoms with Crippen molar-refractivity contribution in [2.75, 3.05) is 11.9 Å². The summed E-state index contributed by atoms with van der Waals surface area (Å²) in [6, 6.07) is 24.0. The Kier molecular flexibility index (Phi) is 4.01. The maximum Gasteiger partial charge on any atom is 0.261 e. The number of carbonyl (C=O) groups excluding carboxylic acids is 1. The molecule has 4 heteroatoms. The first-order chi connectivity index (χ1) is 12.6. The summed E-state index contributed by atoms with van der Waals surface area (Å²) in [6.07, 6.45) is 1.64. The summed E-state index contributed by atoms with van der Waals surface area (Å²) in [5.41, 5.74) is 3.23. The summed E-state index contributed by atoms with van der Waals surface area (Å²) in [5.74, 6) is -0.0695. The second kappa shape index (κ2) is 6.48. The quantitative estimate of drug-likeness (QED) is 0.546. The zero-order valence-electron chi connectivity index (χ0n) is 14.8. The Morgan fingerprint density at radius 1 is 0.923 bits per heavy atom. The summed E-state index contributed by atoms with van der Waals surface area (Å²) in [6.45, 7) is 1.92. The van der Waals surface area contributed by atoms with Gasteiger partial charge in [-0.05, 0) is 42.0 Å². The second-order valence-electron chi connectivity index (χ2n) is 6.29. The van der Waals surface area contributed by atoms with Crippen molar-refractivity contribution in [3.05, 3.63) is 90.3 Å². The zero-order valence-corrected chi connectivity index (χ0v) is 14.8. The number of hydrogen-bond acceptors (Lipinski definition) is 2. The Hall–Kier alpha value is -3.40. The maximum absolute atomic E-state index is 13.0. The minimum Gasteiger partial charge on any atom is -0.311 e. The molecule has 4 nitrogen and oxygen atoms in total. The molecule has 1 heterocycles. The Balaban J connectivity index is 1.67. The molecule has 26 heavy (non-hydrogen) atoms. The van der Waals surface area contributed by atoms with Gasteiger partial charge in [0.05, 0.1) is 23.1 Å². The van der Waals surface area contributed by atoms with Crippen molar-refractivity contribution >= 4 is 22.4 Å². The van der Waals surface area contributed by atoms with E-state index in [-0.39, 0.29) is 5.91 Å². The average Bonchev–Trinajstić information content (AvgIpc) is 3.08. The molecule has 4 rings (SSSR count). The van der Waals surface area contributed by atoms with E-state index in [2.05, 4.69) is 17.2 Å². The van der Waals surface area contributed by atoms with Crippen molar-refractivity contribution in [3.8, 4) is 5.69 Å². The number of carbonyl (C=O) groups is 1. The lowest BCUT2D eigenvalue weighted by Crippen LogP contribution is -2.26. The smallest absolute Gasteiger partial charge is 0.261 e. The molecule has 0 N–H and O–H groups in total. The van der Waals surface area contributed by atoms with E-state index in [9.17, 15) is 4.79 Å². The van der Waals surface area contributed by atoms with Crippen molar-refractivity contribution in [2.45, 2.75) is 6.92 Å². The molecular formula is C22H19N3O. The second-order valence-corrected chi connectivity index (χ2v) is 6.29. The van der Waals surface area contributed by atoms with Gasteiger partial charge in [0.1, 0.15) is 0 Å². The van der Waals surface area contributed by atoms with Gasteiger partial charge < -0.3 is 4.90 Å². The van der Waals surface area contributed by atoms with Gasteiger partial charge in [0.15, 0.2) is 0 Å². The number of fused-ring (bicyclic) bond motifs is 1. The Bertz CT molecular complexity index is 1080. The molecular weight excluding hydrogens is 322 g/mol. The van der Waals surface area contributed by atoms with Gasteiger partial charge in [0, 0.05) is 12.7 Å². The summed E-state index contributed by atoms with van der Waals surface area (Å²) < 4.78 is 1.79. The zero-order chi connectivity index (χ0) is 18.1. The molecule has 0 saturated carbocycles. The van der Waals surface area contributed by atoms with Crippen LogP contribution in [0.15, 0.2) is 79.0 Å². The van der Waals surface area contributed by atoms with Crippen LogP contribution in [-0.2, 0) is 0 Å². The van der Waals surface area contributed by atoms with Crippen LogP contribution in [0.2, 0.25) is 0 Å². The summed E-state index contributed by atoms with van der Waals surface area (Å²) in [4.78, 5) is 14.7. The molecule has 4 aromatic rings. The number of benzene rings is 3. The molecule has 0 aliphatic carbocycles. The highest BCUT2D eigenvalue weighted by molar-refractivity contribution is 6.07. The fourth-order valence-corrected chi connectivity index (χ4v) is 3.13. The molecule has 0 unspecified atom stereocenters. The monoisotopic (exact) mass is 341 g/mol. The summed E-state index contributed by atoms with van der Waals surface area (Å²) in [5, 5.41) is 6.67. The van der Waals surface area contributed by atoms with Crippen LogP contribution >= 0.6 is 0 Å². The van der Waals surface area contributed by atoms with Gasteiger partial charge in [-0.25, -0.2) is 4.68 Å². The molecule has 0 aliphatic rings. The molecule has 0 spiro atoms. The molecule has 0 radical (unpaired) electrons. The standard InChI is InChI=1S/C22H19N3O/c1-16-21(15-23-25(16)19-10-4-3-5-11-19)22(26)24(2)20-13-12-17-8-6-7-9-18(17)14-20/h3-15H,1-2H3. The molecule has 0 atom stereocenters. The van der Waals surface area contributed by atoms with Crippen LogP contribution < -0.4 is 4.90 Å². The van der Waals surface area contributed by atoms with Crippen LogP contribution in [0, 0.1) is 6.92 Å². The van der Waals surface area contributed by atoms with Crippen molar-refractivity contribution in [2.24, 2.45) is 0 Å². The van der Waals surface area contributed by atoms with Gasteiger partial charge in [-0.2, -0.15) is 5.10 Å². The van der Waals surface area contributed by atoms with E-state index in [1.165, 1.54) is 0 Å². The number of nitrogens with zero attached hydrogens (tertiary/aromatic N) is 3. The van der Waals surface area contributed by atoms with E-state index in [0.29, 0.717) is 5.56 Å². The number of hydrogen-bond donors (Lipinski definition) is 0. The number of amides is 1. The van der Waals surface area contributed by atoms with E-state index in [1.807, 2.05) is 67.6 Å². The number of para-hydroxylation sites is 1. The van der Waals surface area contributed by atoms with E-state index in [1.54, 1.807) is 22.8 Å². The first-order valence-corrected chi connectivity index (χ1v) is 8.52. The topological polar surface area (TPSA) is 38.1 Å². The predicted octanol–water partition coefficient (Wildman–Crippen LogP) is 4.61. The van der Waals surface area contributed by atoms with Gasteiger partial charge in [0.25, 0.3) is 5.91 Å². The average molecular weight is 341 g/mol. The fraction of sp³-hybridized carbons (Fsp3) is 0.0909. The van der Waals surface area contributed by atoms with Gasteiger partial charge >= 0.3 is 0 Å². The summed E-state index contributed by atoms with van der Waals surface area (Å²) >= 11 is 0. The molecule has 1 aromatic heterocycles. The minimum absolute atomic E-state index is 0.0695. The van der Waals surface area contributed by atoms with Crippen molar-refractivity contribution < 1.29 is 4.79 Å². The Morgan fingerprint density at radius 2 is 1.62 bits per heavy atom. The van der Waals surface area contributed by atoms with Crippen LogP contribution in [-0.4, -0.2) is 22.7 Å². The highest BCUT2D eigenvalue weighted by Gasteiger charge is 2.20. The molecule has 0 fully saturated rings. The van der Waals surface area contributed by atoms with E-state index in [4.69, 9.17) is 0 Å². The first-order valence-electron chi connectivity index (χ1n) is 8.52. The number of rotatable bonds is 3.